The summed E-state index contributed by atoms with van der Waals surface area (Å²) in [7, 11) is 0. The second-order valence-electron chi connectivity index (χ2n) is 2.40. The third-order valence-corrected chi connectivity index (χ3v) is 1.57. The number of ether oxygens (including phenoxy) is 1. The van der Waals surface area contributed by atoms with Crippen LogP contribution in [-0.2, 0) is 19.1 Å². The molecular formula is C6H6O6. The van der Waals surface area contributed by atoms with Gasteiger partial charge < -0.3 is 14.9 Å². The first-order valence-corrected chi connectivity index (χ1v) is 3.17. The quantitative estimate of drug-likeness (QED) is 0.525. The lowest BCUT2D eigenvalue weighted by Gasteiger charge is -2.07. The van der Waals surface area contributed by atoms with Gasteiger partial charge in [0.25, 0.3) is 0 Å². The molecule has 0 radical (unpaired) electrons. The molecule has 2 N–H and O–H groups in total. The Morgan fingerprint density at radius 2 is 1.92 bits per heavy atom. The first-order valence-electron chi connectivity index (χ1n) is 3.17. The molecule has 0 amide bonds. The van der Waals surface area contributed by atoms with E-state index in [4.69, 9.17) is 10.2 Å². The van der Waals surface area contributed by atoms with Gasteiger partial charge in [0.1, 0.15) is 5.92 Å². The summed E-state index contributed by atoms with van der Waals surface area (Å²) in [5.41, 5.74) is 0. The molecule has 2 atom stereocenters. The van der Waals surface area contributed by atoms with Gasteiger partial charge in [-0.3, -0.25) is 9.59 Å². The first kappa shape index (κ1) is 8.51. The van der Waals surface area contributed by atoms with Crippen molar-refractivity contribution in [3.05, 3.63) is 0 Å². The average molecular weight is 174 g/mol. The lowest BCUT2D eigenvalue weighted by Crippen LogP contribution is -2.31. The molecule has 6 nitrogen and oxygen atoms in total. The molecule has 0 bridgehead atoms. The van der Waals surface area contributed by atoms with E-state index in [1.54, 1.807) is 0 Å². The van der Waals surface area contributed by atoms with Gasteiger partial charge in [-0.1, -0.05) is 0 Å². The maximum Gasteiger partial charge on any atom is 0.345 e. The number of cyclic esters (lactones) is 1. The highest BCUT2D eigenvalue weighted by Crippen LogP contribution is 2.22. The molecule has 1 fully saturated rings. The Kier molecular flexibility index (Phi) is 1.99. The summed E-state index contributed by atoms with van der Waals surface area (Å²) in [6, 6.07) is 0. The van der Waals surface area contributed by atoms with Crippen LogP contribution in [0.3, 0.4) is 0 Å². The molecule has 1 rings (SSSR count). The van der Waals surface area contributed by atoms with Crippen LogP contribution in [0.4, 0.5) is 0 Å². The Bertz CT molecular complexity index is 220. The summed E-state index contributed by atoms with van der Waals surface area (Å²) in [4.78, 5) is 31.2. The second kappa shape index (κ2) is 2.80. The van der Waals surface area contributed by atoms with Crippen LogP contribution < -0.4 is 0 Å². The van der Waals surface area contributed by atoms with Gasteiger partial charge in [-0.25, -0.2) is 4.79 Å². The van der Waals surface area contributed by atoms with Gasteiger partial charge in [-0.15, -0.1) is 0 Å². The van der Waals surface area contributed by atoms with E-state index in [0.29, 0.717) is 0 Å². The lowest BCUT2D eigenvalue weighted by molar-refractivity contribution is -0.161. The predicted molar refractivity (Wildman–Crippen MR) is 33.3 cm³/mol. The summed E-state index contributed by atoms with van der Waals surface area (Å²) in [6.07, 6.45) is -1.90. The zero-order valence-corrected chi connectivity index (χ0v) is 5.89. The van der Waals surface area contributed by atoms with Crippen molar-refractivity contribution in [1.29, 1.82) is 0 Å². The highest BCUT2D eigenvalue weighted by Gasteiger charge is 2.44. The molecule has 12 heavy (non-hydrogen) atoms. The largest absolute Gasteiger partial charge is 0.481 e. The number of rotatable bonds is 2. The Labute approximate surface area is 66.7 Å². The van der Waals surface area contributed by atoms with Crippen molar-refractivity contribution in [3.63, 3.8) is 0 Å². The number of carboxylic acid groups (broad SMARTS) is 2. The molecule has 0 spiro atoms. The van der Waals surface area contributed by atoms with Gasteiger partial charge in [0.05, 0.1) is 6.42 Å². The number of aliphatic carboxylic acids is 2. The van der Waals surface area contributed by atoms with Crippen LogP contribution >= 0.6 is 0 Å². The van der Waals surface area contributed by atoms with Crippen LogP contribution in [0.2, 0.25) is 0 Å². The third-order valence-electron chi connectivity index (χ3n) is 1.57. The van der Waals surface area contributed by atoms with E-state index in [1.807, 2.05) is 0 Å². The van der Waals surface area contributed by atoms with Crippen LogP contribution in [0, 0.1) is 5.92 Å². The molecule has 0 unspecified atom stereocenters. The zero-order chi connectivity index (χ0) is 9.30. The summed E-state index contributed by atoms with van der Waals surface area (Å²) < 4.78 is 4.28. The van der Waals surface area contributed by atoms with E-state index < -0.39 is 29.9 Å². The molecule has 6 heteroatoms. The van der Waals surface area contributed by atoms with Crippen LogP contribution in [0.5, 0.6) is 0 Å². The molecule has 0 saturated carbocycles. The smallest absolute Gasteiger partial charge is 0.345 e. The lowest BCUT2D eigenvalue weighted by atomic mass is 10.0. The van der Waals surface area contributed by atoms with Gasteiger partial charge in [0, 0.05) is 0 Å². The van der Waals surface area contributed by atoms with Crippen LogP contribution in [-0.4, -0.2) is 34.2 Å². The fourth-order valence-corrected chi connectivity index (χ4v) is 0.998. The van der Waals surface area contributed by atoms with E-state index in [2.05, 4.69) is 4.74 Å². The minimum Gasteiger partial charge on any atom is -0.481 e. The van der Waals surface area contributed by atoms with Gasteiger partial charge in [0.2, 0.25) is 6.10 Å². The molecule has 66 valence electrons. The fraction of sp³-hybridized carbons (Fsp3) is 0.500. The zero-order valence-electron chi connectivity index (χ0n) is 5.89. The van der Waals surface area contributed by atoms with E-state index in [1.165, 1.54) is 0 Å². The molecular weight excluding hydrogens is 168 g/mol. The van der Waals surface area contributed by atoms with Crippen molar-refractivity contribution in [1.82, 2.24) is 0 Å². The minimum absolute atomic E-state index is 0.369. The fourth-order valence-electron chi connectivity index (χ4n) is 0.998. The summed E-state index contributed by atoms with van der Waals surface area (Å²) >= 11 is 0. The minimum atomic E-state index is -1.53. The monoisotopic (exact) mass is 174 g/mol. The Hall–Kier alpha value is -1.59. The number of hydrogen-bond acceptors (Lipinski definition) is 4. The van der Waals surface area contributed by atoms with Crippen LogP contribution in [0.1, 0.15) is 6.42 Å². The third kappa shape index (κ3) is 1.36. The average Bonchev–Trinajstić information content (AvgIpc) is 2.31. The number of carbonyl (C=O) groups excluding carboxylic acids is 1. The molecule has 1 aliphatic heterocycles. The van der Waals surface area contributed by atoms with E-state index in [9.17, 15) is 14.4 Å². The van der Waals surface area contributed by atoms with E-state index in [-0.39, 0.29) is 6.42 Å². The summed E-state index contributed by atoms with van der Waals surface area (Å²) in [5.74, 6) is -4.79. The number of esters is 1. The molecule has 1 saturated heterocycles. The van der Waals surface area contributed by atoms with Crippen LogP contribution in [0.15, 0.2) is 0 Å². The normalized spacial score (nSPS) is 28.2. The maximum absolute atomic E-state index is 10.5. The van der Waals surface area contributed by atoms with Gasteiger partial charge in [-0.2, -0.15) is 0 Å². The Morgan fingerprint density at radius 1 is 1.33 bits per heavy atom. The van der Waals surface area contributed by atoms with Crippen molar-refractivity contribution >= 4 is 17.9 Å². The van der Waals surface area contributed by atoms with E-state index in [0.717, 1.165) is 0 Å². The topological polar surface area (TPSA) is 101 Å². The highest BCUT2D eigenvalue weighted by molar-refractivity contribution is 5.90. The summed E-state index contributed by atoms with van der Waals surface area (Å²) in [5, 5.41) is 16.9. The van der Waals surface area contributed by atoms with Gasteiger partial charge >= 0.3 is 17.9 Å². The molecule has 0 aromatic heterocycles. The Balaban J connectivity index is 2.79. The second-order valence-corrected chi connectivity index (χ2v) is 2.40. The molecule has 0 aliphatic carbocycles. The predicted octanol–water partition coefficient (Wildman–Crippen LogP) is -0.913. The van der Waals surface area contributed by atoms with E-state index >= 15 is 0 Å². The van der Waals surface area contributed by atoms with Crippen molar-refractivity contribution in [2.75, 3.05) is 0 Å². The molecule has 1 heterocycles. The van der Waals surface area contributed by atoms with Crippen molar-refractivity contribution < 1.29 is 29.3 Å². The number of carbonyl (C=O) groups is 3. The number of hydrogen-bond donors (Lipinski definition) is 2. The van der Waals surface area contributed by atoms with Crippen LogP contribution in [0.25, 0.3) is 0 Å². The molecule has 1 aliphatic rings. The van der Waals surface area contributed by atoms with Crippen molar-refractivity contribution in [3.8, 4) is 0 Å². The summed E-state index contributed by atoms with van der Waals surface area (Å²) in [6.45, 7) is 0. The molecule has 0 aromatic rings. The Morgan fingerprint density at radius 3 is 2.25 bits per heavy atom. The first-order chi connectivity index (χ1) is 5.52. The molecule has 0 aromatic carbocycles. The number of carboxylic acids is 2. The van der Waals surface area contributed by atoms with Crippen molar-refractivity contribution in [2.45, 2.75) is 12.5 Å². The van der Waals surface area contributed by atoms with Gasteiger partial charge in [-0.05, 0) is 0 Å². The standard InChI is InChI=1S/C6H6O6/c7-3-1-2(5(8)9)4(12-3)6(10)11/h2,4H,1H2,(H,8,9)(H,10,11)/t2-,4-/m1/s1. The highest BCUT2D eigenvalue weighted by atomic mass is 16.6. The van der Waals surface area contributed by atoms with Crippen molar-refractivity contribution in [2.24, 2.45) is 5.92 Å². The van der Waals surface area contributed by atoms with Gasteiger partial charge in [0.15, 0.2) is 0 Å². The maximum atomic E-state index is 10.5. The SMILES string of the molecule is O=C1C[C@@H](C(=O)O)[C@H](C(=O)O)O1.